The molecule has 150 valence electrons. The molecule has 0 bridgehead atoms. The highest BCUT2D eigenvalue weighted by Gasteiger charge is 2.19. The molecule has 28 heavy (non-hydrogen) atoms. The van der Waals surface area contributed by atoms with Gasteiger partial charge in [-0.1, -0.05) is 48.5 Å². The Morgan fingerprint density at radius 1 is 0.893 bits per heavy atom. The first-order valence-corrected chi connectivity index (χ1v) is 9.87. The number of piperazine rings is 1. The number of pyridine rings is 1. The van der Waals surface area contributed by atoms with Crippen LogP contribution in [0.3, 0.4) is 0 Å². The Hall–Kier alpha value is -1.85. The number of anilines is 1. The number of fused-ring (bicyclic) bond motifs is 1. The van der Waals surface area contributed by atoms with E-state index in [1.54, 1.807) is 0 Å². The average molecular weight is 420 g/mol. The number of hydrogen-bond donors (Lipinski definition) is 0. The van der Waals surface area contributed by atoms with Gasteiger partial charge in [0, 0.05) is 37.4 Å². The van der Waals surface area contributed by atoms with Crippen LogP contribution in [0.1, 0.15) is 6.42 Å². The van der Waals surface area contributed by atoms with E-state index in [1.807, 2.05) is 0 Å². The van der Waals surface area contributed by atoms with Crippen LogP contribution < -0.4 is 4.90 Å². The molecule has 0 unspecified atom stereocenters. The summed E-state index contributed by atoms with van der Waals surface area (Å²) in [6.45, 7) is 5.28. The van der Waals surface area contributed by atoms with Gasteiger partial charge in [0.05, 0.1) is 5.52 Å². The zero-order chi connectivity index (χ0) is 17.8. The Balaban J connectivity index is 0.00000140. The van der Waals surface area contributed by atoms with Gasteiger partial charge in [-0.15, -0.1) is 24.0 Å². The van der Waals surface area contributed by atoms with E-state index in [1.165, 1.54) is 16.5 Å². The van der Waals surface area contributed by atoms with Gasteiger partial charge in [0.2, 0.25) is 0 Å². The molecule has 0 amide bonds. The maximum absolute atomic E-state index is 5.83. The van der Waals surface area contributed by atoms with E-state index in [-0.39, 0.29) is 17.9 Å². The minimum absolute atomic E-state index is 0. The molecule has 3 aromatic rings. The molecular formula is C22H27Cl2N3O. The third kappa shape index (κ3) is 4.95. The lowest BCUT2D eigenvalue weighted by molar-refractivity contribution is 0.258. The second kappa shape index (κ2) is 10.6. The average Bonchev–Trinajstić information content (AvgIpc) is 2.72. The molecule has 1 fully saturated rings. The van der Waals surface area contributed by atoms with Crippen LogP contribution in [0.4, 0.5) is 5.82 Å². The lowest BCUT2D eigenvalue weighted by Crippen LogP contribution is -2.47. The number of alkyl halides is 1. The second-order valence-electron chi connectivity index (χ2n) is 6.78. The van der Waals surface area contributed by atoms with E-state index in [9.17, 15) is 0 Å². The van der Waals surface area contributed by atoms with Crippen LogP contribution in [0.15, 0.2) is 60.7 Å². The van der Waals surface area contributed by atoms with Crippen LogP contribution in [0, 0.1) is 0 Å². The minimum atomic E-state index is 0. The topological polar surface area (TPSA) is 50.9 Å². The maximum Gasteiger partial charge on any atom is 0.129 e. The Labute approximate surface area is 177 Å². The van der Waals surface area contributed by atoms with Gasteiger partial charge >= 0.3 is 0 Å². The minimum Gasteiger partial charge on any atom is -0.412 e. The molecule has 6 heteroatoms. The highest BCUT2D eigenvalue weighted by molar-refractivity contribution is 6.17. The van der Waals surface area contributed by atoms with Crippen molar-refractivity contribution in [2.24, 2.45) is 0 Å². The summed E-state index contributed by atoms with van der Waals surface area (Å²) in [5, 5.41) is 1.21. The van der Waals surface area contributed by atoms with E-state index in [2.05, 4.69) is 70.5 Å². The van der Waals surface area contributed by atoms with Crippen LogP contribution >= 0.6 is 24.0 Å². The van der Waals surface area contributed by atoms with Crippen molar-refractivity contribution in [2.75, 3.05) is 43.5 Å². The zero-order valence-electron chi connectivity index (χ0n) is 15.9. The first-order chi connectivity index (χ1) is 12.8. The largest absolute Gasteiger partial charge is 0.412 e. The summed E-state index contributed by atoms with van der Waals surface area (Å²) < 4.78 is 0. The van der Waals surface area contributed by atoms with Crippen molar-refractivity contribution in [2.45, 2.75) is 6.42 Å². The van der Waals surface area contributed by atoms with Crippen molar-refractivity contribution in [1.82, 2.24) is 9.88 Å². The lowest BCUT2D eigenvalue weighted by atomic mass is 10.0. The Morgan fingerprint density at radius 2 is 1.57 bits per heavy atom. The summed E-state index contributed by atoms with van der Waals surface area (Å²) in [7, 11) is 0. The molecule has 0 radical (unpaired) electrons. The summed E-state index contributed by atoms with van der Waals surface area (Å²) in [6, 6.07) is 21.3. The first-order valence-electron chi connectivity index (χ1n) is 9.33. The molecule has 0 aliphatic carbocycles. The predicted molar refractivity (Wildman–Crippen MR) is 122 cm³/mol. The summed E-state index contributed by atoms with van der Waals surface area (Å²) in [4.78, 5) is 9.87. The molecular weight excluding hydrogens is 393 g/mol. The quantitative estimate of drug-likeness (QED) is 0.580. The highest BCUT2D eigenvalue weighted by atomic mass is 35.5. The smallest absolute Gasteiger partial charge is 0.129 e. The van der Waals surface area contributed by atoms with E-state index in [0.717, 1.165) is 56.4 Å². The fraction of sp³-hybridized carbons (Fsp3) is 0.318. The third-order valence-electron chi connectivity index (χ3n) is 5.09. The Bertz CT molecular complexity index is 868. The van der Waals surface area contributed by atoms with Gasteiger partial charge in [-0.3, -0.25) is 4.90 Å². The van der Waals surface area contributed by atoms with Gasteiger partial charge < -0.3 is 10.4 Å². The van der Waals surface area contributed by atoms with Gasteiger partial charge in [0.15, 0.2) is 0 Å². The summed E-state index contributed by atoms with van der Waals surface area (Å²) >= 11 is 5.83. The Morgan fingerprint density at radius 3 is 2.29 bits per heavy atom. The number of aromatic nitrogens is 1. The predicted octanol–water partition coefficient (Wildman–Crippen LogP) is 4.25. The second-order valence-corrected chi connectivity index (χ2v) is 7.16. The summed E-state index contributed by atoms with van der Waals surface area (Å²) in [6.07, 6.45) is 1.06. The van der Waals surface area contributed by atoms with Gasteiger partial charge in [-0.2, -0.15) is 0 Å². The molecule has 0 atom stereocenters. The van der Waals surface area contributed by atoms with E-state index in [4.69, 9.17) is 16.6 Å². The molecule has 1 aliphatic rings. The molecule has 1 saturated heterocycles. The van der Waals surface area contributed by atoms with E-state index < -0.39 is 0 Å². The van der Waals surface area contributed by atoms with Crippen LogP contribution in [-0.2, 0) is 0 Å². The fourth-order valence-corrected chi connectivity index (χ4v) is 3.78. The number of benzene rings is 2. The molecule has 1 aliphatic heterocycles. The van der Waals surface area contributed by atoms with Crippen molar-refractivity contribution in [3.63, 3.8) is 0 Å². The van der Waals surface area contributed by atoms with Gasteiger partial charge in [0.1, 0.15) is 5.82 Å². The first kappa shape index (κ1) is 22.4. The van der Waals surface area contributed by atoms with Crippen molar-refractivity contribution in [3.8, 4) is 11.1 Å². The molecule has 2 aromatic carbocycles. The molecule has 2 N–H and O–H groups in total. The standard InChI is InChI=1S/C22H24ClN3.ClH.H2O/c23-11-6-12-25-13-15-26(16-14-25)22-17-20(18-7-2-1-3-8-18)19-9-4-5-10-21(19)24-22;;/h1-5,7-10,17H,6,11-16H2;1H;1H2. The number of hydrogen-bond acceptors (Lipinski definition) is 3. The molecule has 4 rings (SSSR count). The van der Waals surface area contributed by atoms with Crippen LogP contribution in [-0.4, -0.2) is 54.0 Å². The molecule has 0 saturated carbocycles. The molecule has 2 heterocycles. The monoisotopic (exact) mass is 419 g/mol. The molecule has 4 nitrogen and oxygen atoms in total. The third-order valence-corrected chi connectivity index (χ3v) is 5.36. The van der Waals surface area contributed by atoms with Gasteiger partial charge in [0.25, 0.3) is 0 Å². The van der Waals surface area contributed by atoms with Crippen molar-refractivity contribution in [1.29, 1.82) is 0 Å². The van der Waals surface area contributed by atoms with Crippen LogP contribution in [0.2, 0.25) is 0 Å². The van der Waals surface area contributed by atoms with E-state index >= 15 is 0 Å². The fourth-order valence-electron chi connectivity index (χ4n) is 3.66. The number of rotatable bonds is 5. The van der Waals surface area contributed by atoms with Crippen LogP contribution in [0.5, 0.6) is 0 Å². The zero-order valence-corrected chi connectivity index (χ0v) is 17.4. The summed E-state index contributed by atoms with van der Waals surface area (Å²) in [5.41, 5.74) is 3.57. The van der Waals surface area contributed by atoms with Gasteiger partial charge in [-0.25, -0.2) is 4.98 Å². The van der Waals surface area contributed by atoms with Crippen molar-refractivity contribution in [3.05, 3.63) is 60.7 Å². The molecule has 1 aromatic heterocycles. The number of para-hydroxylation sites is 1. The normalized spacial score (nSPS) is 14.4. The highest BCUT2D eigenvalue weighted by Crippen LogP contribution is 2.31. The van der Waals surface area contributed by atoms with E-state index in [0.29, 0.717) is 0 Å². The SMILES string of the molecule is Cl.ClCCCN1CCN(c2cc(-c3ccccc3)c3ccccc3n2)CC1.O. The number of halogens is 2. The maximum atomic E-state index is 5.83. The van der Waals surface area contributed by atoms with Crippen LogP contribution in [0.25, 0.3) is 22.0 Å². The number of nitrogens with zero attached hydrogens (tertiary/aromatic N) is 3. The lowest BCUT2D eigenvalue weighted by Gasteiger charge is -2.35. The van der Waals surface area contributed by atoms with Gasteiger partial charge in [-0.05, 0) is 36.2 Å². The van der Waals surface area contributed by atoms with Crippen molar-refractivity contribution < 1.29 is 5.48 Å². The van der Waals surface area contributed by atoms with Crippen molar-refractivity contribution >= 4 is 40.7 Å². The summed E-state index contributed by atoms with van der Waals surface area (Å²) in [5.74, 6) is 1.83. The molecule has 0 spiro atoms. The Kier molecular flexibility index (Phi) is 8.52.